The number of aromatic nitrogens is 2. The van der Waals surface area contributed by atoms with Crippen LogP contribution in [0.5, 0.6) is 5.75 Å². The predicted octanol–water partition coefficient (Wildman–Crippen LogP) is 4.33. The first-order valence-electron chi connectivity index (χ1n) is 11.4. The molecule has 2 aromatic heterocycles. The molecule has 0 bridgehead atoms. The largest absolute Gasteiger partial charge is 0.487 e. The van der Waals surface area contributed by atoms with Gasteiger partial charge in [-0.05, 0) is 61.4 Å². The van der Waals surface area contributed by atoms with E-state index in [2.05, 4.69) is 15.6 Å². The van der Waals surface area contributed by atoms with Gasteiger partial charge in [0.1, 0.15) is 18.0 Å². The van der Waals surface area contributed by atoms with Crippen LogP contribution >= 0.6 is 0 Å². The number of ether oxygens (including phenoxy) is 2. The molecular formula is C27H26N4O5. The van der Waals surface area contributed by atoms with Gasteiger partial charge in [0.2, 0.25) is 0 Å². The summed E-state index contributed by atoms with van der Waals surface area (Å²) in [6.07, 6.45) is 1.87. The smallest absolute Gasteiger partial charge is 0.323 e. The van der Waals surface area contributed by atoms with Gasteiger partial charge in [0, 0.05) is 29.7 Å². The van der Waals surface area contributed by atoms with Crippen molar-refractivity contribution in [3.05, 3.63) is 100 Å². The zero-order valence-electron chi connectivity index (χ0n) is 20.0. The number of esters is 1. The maximum absolute atomic E-state index is 12.4. The predicted molar refractivity (Wildman–Crippen MR) is 136 cm³/mol. The Labute approximate surface area is 207 Å². The molecule has 4 aromatic rings. The van der Waals surface area contributed by atoms with E-state index in [0.29, 0.717) is 35.1 Å². The van der Waals surface area contributed by atoms with E-state index in [1.807, 2.05) is 19.1 Å². The molecule has 0 saturated heterocycles. The molecular weight excluding hydrogens is 460 g/mol. The Morgan fingerprint density at radius 1 is 0.972 bits per heavy atom. The zero-order valence-corrected chi connectivity index (χ0v) is 20.0. The number of hydrogen-bond acceptors (Lipinski definition) is 6. The quantitative estimate of drug-likeness (QED) is 0.359. The third-order valence-corrected chi connectivity index (χ3v) is 5.22. The van der Waals surface area contributed by atoms with Crippen molar-refractivity contribution >= 4 is 29.0 Å². The maximum Gasteiger partial charge on any atom is 0.323 e. The van der Waals surface area contributed by atoms with Gasteiger partial charge in [0.15, 0.2) is 0 Å². The van der Waals surface area contributed by atoms with Gasteiger partial charge in [0.05, 0.1) is 18.7 Å². The van der Waals surface area contributed by atoms with Crippen molar-refractivity contribution in [2.75, 3.05) is 17.2 Å². The summed E-state index contributed by atoms with van der Waals surface area (Å²) in [4.78, 5) is 40.8. The van der Waals surface area contributed by atoms with Gasteiger partial charge in [-0.1, -0.05) is 18.2 Å². The first-order chi connectivity index (χ1) is 17.4. The van der Waals surface area contributed by atoms with Crippen molar-refractivity contribution < 1.29 is 19.1 Å². The third kappa shape index (κ3) is 6.47. The standard InChI is InChI=1S/C27H26N4O5/c1-3-35-26(33)14-19-7-9-20(10-8-19)29-27(34)30-21-5-4-6-23(15-21)36-17-22-16-25(32)31-12-11-18(2)13-24(31)28-22/h4-13,15-16H,3,14,17H2,1-2H3,(H2,29,30,34). The molecule has 0 saturated carbocycles. The van der Waals surface area contributed by atoms with Crippen LogP contribution in [0.1, 0.15) is 23.7 Å². The zero-order chi connectivity index (χ0) is 25.5. The molecule has 2 amide bonds. The van der Waals surface area contributed by atoms with E-state index in [1.165, 1.54) is 10.5 Å². The van der Waals surface area contributed by atoms with E-state index in [-0.39, 0.29) is 24.6 Å². The first-order valence-corrected chi connectivity index (χ1v) is 11.4. The number of carbonyl (C=O) groups excluding carboxylic acids is 2. The van der Waals surface area contributed by atoms with Crippen molar-refractivity contribution in [1.29, 1.82) is 0 Å². The Morgan fingerprint density at radius 3 is 2.53 bits per heavy atom. The summed E-state index contributed by atoms with van der Waals surface area (Å²) in [6, 6.07) is 18.6. The number of urea groups is 1. The van der Waals surface area contributed by atoms with Gasteiger partial charge >= 0.3 is 12.0 Å². The molecule has 36 heavy (non-hydrogen) atoms. The minimum atomic E-state index is -0.426. The Kier molecular flexibility index (Phi) is 7.60. The molecule has 0 aliphatic carbocycles. The lowest BCUT2D eigenvalue weighted by atomic mass is 10.1. The van der Waals surface area contributed by atoms with Crippen LogP contribution in [0.25, 0.3) is 5.65 Å². The van der Waals surface area contributed by atoms with E-state index in [0.717, 1.165) is 11.1 Å². The van der Waals surface area contributed by atoms with Crippen LogP contribution in [0.3, 0.4) is 0 Å². The van der Waals surface area contributed by atoms with Crippen LogP contribution in [-0.4, -0.2) is 28.0 Å². The molecule has 0 fully saturated rings. The number of anilines is 2. The fourth-order valence-corrected chi connectivity index (χ4v) is 3.53. The fraction of sp³-hybridized carbons (Fsp3) is 0.185. The van der Waals surface area contributed by atoms with E-state index >= 15 is 0 Å². The summed E-state index contributed by atoms with van der Waals surface area (Å²) < 4.78 is 12.2. The second-order valence-electron chi connectivity index (χ2n) is 8.09. The number of hydrogen-bond donors (Lipinski definition) is 2. The second kappa shape index (κ2) is 11.2. The summed E-state index contributed by atoms with van der Waals surface area (Å²) in [6.45, 7) is 4.14. The van der Waals surface area contributed by atoms with Gasteiger partial charge in [-0.25, -0.2) is 9.78 Å². The average molecular weight is 487 g/mol. The van der Waals surface area contributed by atoms with Crippen LogP contribution in [0.2, 0.25) is 0 Å². The molecule has 9 nitrogen and oxygen atoms in total. The Bertz CT molecular complexity index is 1450. The van der Waals surface area contributed by atoms with Crippen molar-refractivity contribution in [2.45, 2.75) is 26.9 Å². The SMILES string of the molecule is CCOC(=O)Cc1ccc(NC(=O)Nc2cccc(OCc3cc(=O)n4ccc(C)cc4n3)c2)cc1. The number of fused-ring (bicyclic) bond motifs is 1. The van der Waals surface area contributed by atoms with Crippen LogP contribution < -0.4 is 20.9 Å². The van der Waals surface area contributed by atoms with E-state index in [1.54, 1.807) is 61.7 Å². The van der Waals surface area contributed by atoms with Gasteiger partial charge in [-0.2, -0.15) is 0 Å². The minimum Gasteiger partial charge on any atom is -0.487 e. The lowest BCUT2D eigenvalue weighted by molar-refractivity contribution is -0.142. The van der Waals surface area contributed by atoms with Crippen LogP contribution in [0.15, 0.2) is 77.7 Å². The number of pyridine rings is 1. The van der Waals surface area contributed by atoms with Gasteiger partial charge in [-0.15, -0.1) is 0 Å². The van der Waals surface area contributed by atoms with Gasteiger partial charge < -0.3 is 20.1 Å². The van der Waals surface area contributed by atoms with E-state index in [4.69, 9.17) is 9.47 Å². The summed E-state index contributed by atoms with van der Waals surface area (Å²) in [5.74, 6) is 0.222. The lowest BCUT2D eigenvalue weighted by Gasteiger charge is -2.11. The topological polar surface area (TPSA) is 111 Å². The molecule has 0 spiro atoms. The third-order valence-electron chi connectivity index (χ3n) is 5.22. The number of carbonyl (C=O) groups is 2. The van der Waals surface area contributed by atoms with Gasteiger partial charge in [0.25, 0.3) is 5.56 Å². The number of nitrogens with zero attached hydrogens (tertiary/aromatic N) is 2. The normalized spacial score (nSPS) is 10.6. The first kappa shape index (κ1) is 24.5. The molecule has 184 valence electrons. The number of nitrogens with one attached hydrogen (secondary N) is 2. The highest BCUT2D eigenvalue weighted by atomic mass is 16.5. The highest BCUT2D eigenvalue weighted by Crippen LogP contribution is 2.19. The number of aryl methyl sites for hydroxylation is 1. The summed E-state index contributed by atoms with van der Waals surface area (Å²) in [5.41, 5.74) is 3.80. The molecule has 2 N–H and O–H groups in total. The van der Waals surface area contributed by atoms with E-state index in [9.17, 15) is 14.4 Å². The molecule has 0 unspecified atom stereocenters. The Hall–Kier alpha value is -4.66. The molecule has 4 rings (SSSR count). The van der Waals surface area contributed by atoms with Gasteiger partial charge in [-0.3, -0.25) is 14.0 Å². The molecule has 0 aliphatic rings. The monoisotopic (exact) mass is 486 g/mol. The fourth-order valence-electron chi connectivity index (χ4n) is 3.53. The van der Waals surface area contributed by atoms with Crippen LogP contribution in [-0.2, 0) is 22.6 Å². The van der Waals surface area contributed by atoms with Crippen molar-refractivity contribution in [3.8, 4) is 5.75 Å². The van der Waals surface area contributed by atoms with Crippen molar-refractivity contribution in [2.24, 2.45) is 0 Å². The van der Waals surface area contributed by atoms with E-state index < -0.39 is 6.03 Å². The summed E-state index contributed by atoms with van der Waals surface area (Å²) >= 11 is 0. The van der Waals surface area contributed by atoms with Crippen LogP contribution in [0.4, 0.5) is 16.2 Å². The molecule has 9 heteroatoms. The number of rotatable bonds is 8. The Morgan fingerprint density at radius 2 is 1.75 bits per heavy atom. The maximum atomic E-state index is 12.4. The van der Waals surface area contributed by atoms with Crippen LogP contribution in [0, 0.1) is 6.92 Å². The summed E-state index contributed by atoms with van der Waals surface area (Å²) in [7, 11) is 0. The number of amides is 2. The Balaban J connectivity index is 1.34. The molecule has 0 radical (unpaired) electrons. The second-order valence-corrected chi connectivity index (χ2v) is 8.09. The average Bonchev–Trinajstić information content (AvgIpc) is 2.84. The van der Waals surface area contributed by atoms with Crippen molar-refractivity contribution in [3.63, 3.8) is 0 Å². The highest BCUT2D eigenvalue weighted by Gasteiger charge is 2.08. The molecule has 2 heterocycles. The highest BCUT2D eigenvalue weighted by molar-refractivity contribution is 5.99. The summed E-state index contributed by atoms with van der Waals surface area (Å²) in [5, 5.41) is 5.51. The minimum absolute atomic E-state index is 0.105. The lowest BCUT2D eigenvalue weighted by Crippen LogP contribution is -2.19. The van der Waals surface area contributed by atoms with Crippen molar-refractivity contribution in [1.82, 2.24) is 9.38 Å². The number of benzene rings is 2. The molecule has 2 aromatic carbocycles. The molecule has 0 aliphatic heterocycles. The molecule has 0 atom stereocenters.